The Morgan fingerprint density at radius 3 is 1.65 bits per heavy atom. The Balaban J connectivity index is 2.28. The lowest BCUT2D eigenvalue weighted by atomic mass is 9.96. The van der Waals surface area contributed by atoms with Crippen LogP contribution in [0.25, 0.3) is 22.3 Å². The zero-order valence-corrected chi connectivity index (χ0v) is 15.4. The number of aryl methyl sites for hydroxylation is 1. The van der Waals surface area contributed by atoms with Crippen molar-refractivity contribution < 1.29 is 0 Å². The van der Waals surface area contributed by atoms with Gasteiger partial charge in [0, 0.05) is 0 Å². The highest BCUT2D eigenvalue weighted by molar-refractivity contribution is 6.90. The average Bonchev–Trinajstić information content (AvgIpc) is 2.54. The third-order valence-electron chi connectivity index (χ3n) is 4.28. The first-order valence-electron chi connectivity index (χ1n) is 8.23. The van der Waals surface area contributed by atoms with E-state index < -0.39 is 8.07 Å². The Bertz CT molecular complexity index is 797. The highest BCUT2D eigenvalue weighted by atomic mass is 28.3. The van der Waals surface area contributed by atoms with Crippen molar-refractivity contribution >= 4 is 13.3 Å². The van der Waals surface area contributed by atoms with Gasteiger partial charge in [-0.1, -0.05) is 91.9 Å². The van der Waals surface area contributed by atoms with Crippen LogP contribution in [-0.4, -0.2) is 8.07 Å². The Morgan fingerprint density at radius 1 is 0.609 bits per heavy atom. The highest BCUT2D eigenvalue weighted by Gasteiger charge is 2.23. The largest absolute Gasteiger partial charge is 0.0787 e. The maximum Gasteiger partial charge on any atom is 0.0787 e. The van der Waals surface area contributed by atoms with Crippen molar-refractivity contribution in [1.29, 1.82) is 0 Å². The second-order valence-corrected chi connectivity index (χ2v) is 12.2. The smallest absolute Gasteiger partial charge is 0.0656 e. The molecule has 0 fully saturated rings. The maximum atomic E-state index is 2.43. The lowest BCUT2D eigenvalue weighted by molar-refractivity contribution is 1.47. The van der Waals surface area contributed by atoms with E-state index in [0.29, 0.717) is 0 Å². The molecule has 0 aliphatic heterocycles. The second-order valence-electron chi connectivity index (χ2n) is 7.20. The van der Waals surface area contributed by atoms with Gasteiger partial charge >= 0.3 is 0 Å². The zero-order chi connectivity index (χ0) is 16.4. The van der Waals surface area contributed by atoms with Crippen LogP contribution in [0.2, 0.25) is 19.6 Å². The van der Waals surface area contributed by atoms with Gasteiger partial charge in [0.1, 0.15) is 0 Å². The summed E-state index contributed by atoms with van der Waals surface area (Å²) in [6, 6.07) is 26.2. The molecule has 0 aliphatic carbocycles. The van der Waals surface area contributed by atoms with Gasteiger partial charge in [-0.3, -0.25) is 0 Å². The molecule has 0 N–H and O–H groups in total. The van der Waals surface area contributed by atoms with Gasteiger partial charge in [0.05, 0.1) is 8.07 Å². The second kappa shape index (κ2) is 6.17. The average molecular weight is 317 g/mol. The molecule has 0 saturated heterocycles. The first kappa shape index (κ1) is 15.8. The van der Waals surface area contributed by atoms with Crippen LogP contribution in [-0.2, 0) is 0 Å². The highest BCUT2D eigenvalue weighted by Crippen LogP contribution is 2.29. The molecular weight excluding hydrogens is 292 g/mol. The molecule has 0 radical (unpaired) electrons. The van der Waals surface area contributed by atoms with Crippen LogP contribution >= 0.6 is 0 Å². The van der Waals surface area contributed by atoms with Crippen LogP contribution in [0, 0.1) is 6.92 Å². The van der Waals surface area contributed by atoms with Crippen LogP contribution < -0.4 is 5.19 Å². The summed E-state index contributed by atoms with van der Waals surface area (Å²) in [6.07, 6.45) is 0. The van der Waals surface area contributed by atoms with Crippen molar-refractivity contribution in [3.63, 3.8) is 0 Å². The van der Waals surface area contributed by atoms with Crippen LogP contribution in [0.15, 0.2) is 72.8 Å². The summed E-state index contributed by atoms with van der Waals surface area (Å²) in [6.45, 7) is 9.57. The minimum absolute atomic E-state index is 1.29. The quantitative estimate of drug-likeness (QED) is 0.530. The fourth-order valence-electron chi connectivity index (χ4n) is 3.43. The predicted molar refractivity (Wildman–Crippen MR) is 105 cm³/mol. The van der Waals surface area contributed by atoms with Crippen LogP contribution in [0.3, 0.4) is 0 Å². The fraction of sp³-hybridized carbons (Fsp3) is 0.182. The molecule has 3 aromatic rings. The summed E-state index contributed by atoms with van der Waals surface area (Å²) in [4.78, 5) is 0. The number of benzene rings is 3. The zero-order valence-electron chi connectivity index (χ0n) is 14.4. The molecule has 23 heavy (non-hydrogen) atoms. The van der Waals surface area contributed by atoms with Gasteiger partial charge in [-0.15, -0.1) is 0 Å². The van der Waals surface area contributed by atoms with Crippen LogP contribution in [0.5, 0.6) is 0 Å². The third kappa shape index (κ3) is 3.30. The van der Waals surface area contributed by atoms with Crippen LogP contribution in [0.1, 0.15) is 5.56 Å². The van der Waals surface area contributed by atoms with Crippen molar-refractivity contribution in [3.8, 4) is 22.3 Å². The van der Waals surface area contributed by atoms with E-state index in [1.54, 1.807) is 5.19 Å². The maximum absolute atomic E-state index is 2.43. The molecule has 0 saturated carbocycles. The Kier molecular flexibility index (Phi) is 4.23. The first-order chi connectivity index (χ1) is 11.0. The standard InChI is InChI=1S/C22H24Si/c1-17-15-20(18-11-7-5-8-12-18)16-21(22(17)23(2,3)4)19-13-9-6-10-14-19/h5-16H,1-4H3. The number of rotatable bonds is 3. The lowest BCUT2D eigenvalue weighted by Gasteiger charge is -2.25. The lowest BCUT2D eigenvalue weighted by Crippen LogP contribution is -2.41. The van der Waals surface area contributed by atoms with E-state index in [1.807, 2.05) is 0 Å². The molecule has 0 amide bonds. The summed E-state index contributed by atoms with van der Waals surface area (Å²) in [5.74, 6) is 0. The van der Waals surface area contributed by atoms with Crippen molar-refractivity contribution in [3.05, 3.63) is 78.4 Å². The monoisotopic (exact) mass is 316 g/mol. The van der Waals surface area contributed by atoms with E-state index in [2.05, 4.69) is 99.4 Å². The summed E-state index contributed by atoms with van der Waals surface area (Å²) < 4.78 is 0. The summed E-state index contributed by atoms with van der Waals surface area (Å²) >= 11 is 0. The molecule has 0 atom stereocenters. The topological polar surface area (TPSA) is 0 Å². The van der Waals surface area contributed by atoms with E-state index in [0.717, 1.165) is 0 Å². The molecule has 0 heterocycles. The van der Waals surface area contributed by atoms with Crippen LogP contribution in [0.4, 0.5) is 0 Å². The first-order valence-corrected chi connectivity index (χ1v) is 11.7. The SMILES string of the molecule is Cc1cc(-c2ccccc2)cc(-c2ccccc2)c1[Si](C)(C)C. The minimum Gasteiger partial charge on any atom is -0.0656 e. The molecule has 0 bridgehead atoms. The van der Waals surface area contributed by atoms with Crippen molar-refractivity contribution in [1.82, 2.24) is 0 Å². The van der Waals surface area contributed by atoms with E-state index in [-0.39, 0.29) is 0 Å². The molecule has 116 valence electrons. The van der Waals surface area contributed by atoms with Gasteiger partial charge in [0.15, 0.2) is 0 Å². The third-order valence-corrected chi connectivity index (χ3v) is 6.44. The van der Waals surface area contributed by atoms with Gasteiger partial charge in [-0.05, 0) is 40.4 Å². The van der Waals surface area contributed by atoms with Gasteiger partial charge in [-0.2, -0.15) is 0 Å². The molecule has 0 aliphatic rings. The van der Waals surface area contributed by atoms with E-state index in [1.165, 1.54) is 27.8 Å². The predicted octanol–water partition coefficient (Wildman–Crippen LogP) is 5.87. The molecule has 1 heteroatoms. The van der Waals surface area contributed by atoms with Crippen molar-refractivity contribution in [2.45, 2.75) is 26.6 Å². The molecule has 0 unspecified atom stereocenters. The number of hydrogen-bond acceptors (Lipinski definition) is 0. The Morgan fingerprint density at radius 2 is 1.13 bits per heavy atom. The molecule has 3 aromatic carbocycles. The van der Waals surface area contributed by atoms with Crippen molar-refractivity contribution in [2.24, 2.45) is 0 Å². The Labute approximate surface area is 140 Å². The van der Waals surface area contributed by atoms with Crippen molar-refractivity contribution in [2.75, 3.05) is 0 Å². The molecule has 3 rings (SSSR count). The molecular formula is C22H24Si. The van der Waals surface area contributed by atoms with E-state index in [4.69, 9.17) is 0 Å². The Hall–Kier alpha value is -2.12. The summed E-state index contributed by atoms with van der Waals surface area (Å²) in [7, 11) is -1.43. The molecule has 0 aromatic heterocycles. The number of hydrogen-bond donors (Lipinski definition) is 0. The van der Waals surface area contributed by atoms with Gasteiger partial charge < -0.3 is 0 Å². The van der Waals surface area contributed by atoms with E-state index >= 15 is 0 Å². The van der Waals surface area contributed by atoms with Gasteiger partial charge in [0.2, 0.25) is 0 Å². The molecule has 0 nitrogen and oxygen atoms in total. The summed E-state index contributed by atoms with van der Waals surface area (Å²) in [5.41, 5.74) is 6.75. The van der Waals surface area contributed by atoms with Gasteiger partial charge in [0.25, 0.3) is 0 Å². The fourth-order valence-corrected chi connectivity index (χ4v) is 5.71. The summed E-state index contributed by atoms with van der Waals surface area (Å²) in [5, 5.41) is 1.57. The molecule has 0 spiro atoms. The normalized spacial score (nSPS) is 11.5. The van der Waals surface area contributed by atoms with Gasteiger partial charge in [-0.25, -0.2) is 0 Å². The minimum atomic E-state index is -1.43. The van der Waals surface area contributed by atoms with E-state index in [9.17, 15) is 0 Å².